The minimum atomic E-state index is 0.336. The zero-order valence-corrected chi connectivity index (χ0v) is 19.5. The number of fused-ring (bicyclic) bond motifs is 4. The highest BCUT2D eigenvalue weighted by molar-refractivity contribution is 5.16. The highest BCUT2D eigenvalue weighted by Gasteiger charge is 2.68. The summed E-state index contributed by atoms with van der Waals surface area (Å²) in [5.74, 6) is 3.28. The average Bonchev–Trinajstić information content (AvgIpc) is 3.54. The van der Waals surface area contributed by atoms with Crippen LogP contribution in [0.2, 0.25) is 0 Å². The molecule has 0 amide bonds. The first kappa shape index (κ1) is 19.6. The van der Waals surface area contributed by atoms with Crippen LogP contribution in [-0.2, 0) is 14.2 Å². The van der Waals surface area contributed by atoms with Crippen LogP contribution in [0, 0.1) is 45.3 Å². The van der Waals surface area contributed by atoms with Gasteiger partial charge in [-0.2, -0.15) is 0 Å². The number of hydrogen-bond donors (Lipinski definition) is 0. The van der Waals surface area contributed by atoms with E-state index < -0.39 is 0 Å². The first-order valence-corrected chi connectivity index (χ1v) is 12.5. The van der Waals surface area contributed by atoms with E-state index in [1.54, 1.807) is 0 Å². The first-order chi connectivity index (χ1) is 13.6. The third kappa shape index (κ3) is 2.42. The maximum Gasteiger partial charge on any atom is 0.108 e. The van der Waals surface area contributed by atoms with Gasteiger partial charge in [0.1, 0.15) is 12.2 Å². The maximum atomic E-state index is 6.16. The molecule has 29 heavy (non-hydrogen) atoms. The van der Waals surface area contributed by atoms with E-state index in [2.05, 4.69) is 41.5 Å². The van der Waals surface area contributed by atoms with Gasteiger partial charge >= 0.3 is 0 Å². The fraction of sp³-hybridized carbons (Fsp3) is 1.00. The van der Waals surface area contributed by atoms with E-state index in [-0.39, 0.29) is 0 Å². The van der Waals surface area contributed by atoms with Gasteiger partial charge in [-0.3, -0.25) is 0 Å². The molecule has 2 heterocycles. The van der Waals surface area contributed by atoms with Gasteiger partial charge in [0.2, 0.25) is 0 Å². The van der Waals surface area contributed by atoms with Gasteiger partial charge in [0, 0.05) is 0 Å². The predicted molar refractivity (Wildman–Crippen MR) is 114 cm³/mol. The molecule has 0 aromatic carbocycles. The molecule has 4 bridgehead atoms. The fourth-order valence-corrected chi connectivity index (χ4v) is 9.11. The molecule has 6 fully saturated rings. The Bertz CT molecular complexity index is 642. The molecule has 10 unspecified atom stereocenters. The Kier molecular flexibility index (Phi) is 3.92. The largest absolute Gasteiger partial charge is 0.376 e. The van der Waals surface area contributed by atoms with Crippen LogP contribution in [0.1, 0.15) is 80.1 Å². The molecule has 0 N–H and O–H groups in total. The summed E-state index contributed by atoms with van der Waals surface area (Å²) in [6, 6.07) is 0. The summed E-state index contributed by atoms with van der Waals surface area (Å²) >= 11 is 0. The van der Waals surface area contributed by atoms with Crippen molar-refractivity contribution >= 4 is 0 Å². The summed E-state index contributed by atoms with van der Waals surface area (Å²) in [5.41, 5.74) is 1.89. The first-order valence-electron chi connectivity index (χ1n) is 12.5. The second kappa shape index (κ2) is 5.81. The SMILES string of the molecule is CC1(C)C2CCC1(C)C(C1OC1COCC1OC1C1CC3CCC1(C)C3(C)C)C2. The van der Waals surface area contributed by atoms with Gasteiger partial charge < -0.3 is 14.2 Å². The van der Waals surface area contributed by atoms with Crippen LogP contribution in [0.25, 0.3) is 0 Å². The van der Waals surface area contributed by atoms with Crippen molar-refractivity contribution < 1.29 is 14.2 Å². The van der Waals surface area contributed by atoms with Crippen molar-refractivity contribution in [3.63, 3.8) is 0 Å². The van der Waals surface area contributed by atoms with Crippen LogP contribution in [-0.4, -0.2) is 37.6 Å². The fourth-order valence-electron chi connectivity index (χ4n) is 9.11. The number of epoxide rings is 2. The summed E-state index contributed by atoms with van der Waals surface area (Å²) in [6.45, 7) is 16.6. The zero-order chi connectivity index (χ0) is 20.4. The molecule has 10 atom stereocenters. The van der Waals surface area contributed by atoms with Gasteiger partial charge in [-0.05, 0) is 83.9 Å². The molecule has 0 spiro atoms. The Morgan fingerprint density at radius 3 is 1.41 bits per heavy atom. The number of ether oxygens (including phenoxy) is 3. The van der Waals surface area contributed by atoms with Crippen molar-refractivity contribution in [3.05, 3.63) is 0 Å². The highest BCUT2D eigenvalue weighted by Crippen LogP contribution is 2.71. The predicted octanol–water partition coefficient (Wildman–Crippen LogP) is 5.46. The third-order valence-corrected chi connectivity index (χ3v) is 12.3. The van der Waals surface area contributed by atoms with Crippen molar-refractivity contribution in [1.82, 2.24) is 0 Å². The smallest absolute Gasteiger partial charge is 0.108 e. The van der Waals surface area contributed by atoms with Crippen molar-refractivity contribution in [2.75, 3.05) is 13.2 Å². The van der Waals surface area contributed by atoms with Gasteiger partial charge in [0.15, 0.2) is 0 Å². The van der Waals surface area contributed by atoms with Crippen LogP contribution < -0.4 is 0 Å². The van der Waals surface area contributed by atoms with Crippen LogP contribution in [0.3, 0.4) is 0 Å². The Morgan fingerprint density at radius 2 is 1.10 bits per heavy atom. The van der Waals surface area contributed by atoms with E-state index in [0.717, 1.165) is 36.9 Å². The Balaban J connectivity index is 0.982. The Hall–Kier alpha value is -0.120. The molecule has 3 nitrogen and oxygen atoms in total. The van der Waals surface area contributed by atoms with Crippen LogP contribution in [0.5, 0.6) is 0 Å². The summed E-state index contributed by atoms with van der Waals surface area (Å²) < 4.78 is 18.5. The minimum absolute atomic E-state index is 0.336. The molecule has 2 aliphatic heterocycles. The quantitative estimate of drug-likeness (QED) is 0.553. The van der Waals surface area contributed by atoms with E-state index in [1.807, 2.05) is 0 Å². The van der Waals surface area contributed by atoms with Gasteiger partial charge in [-0.1, -0.05) is 41.5 Å². The molecule has 2 saturated heterocycles. The summed E-state index contributed by atoms with van der Waals surface area (Å²) in [4.78, 5) is 0. The summed E-state index contributed by atoms with van der Waals surface area (Å²) in [6.07, 6.45) is 9.93. The zero-order valence-electron chi connectivity index (χ0n) is 19.5. The second-order valence-electron chi connectivity index (χ2n) is 13.2. The molecular formula is C26H42O3. The molecular weight excluding hydrogens is 360 g/mol. The van der Waals surface area contributed by atoms with Crippen LogP contribution in [0.4, 0.5) is 0 Å². The summed E-state index contributed by atoms with van der Waals surface area (Å²) in [7, 11) is 0. The Labute approximate surface area is 177 Å². The molecule has 4 aliphatic carbocycles. The van der Waals surface area contributed by atoms with Crippen LogP contribution >= 0.6 is 0 Å². The number of hydrogen-bond acceptors (Lipinski definition) is 3. The van der Waals surface area contributed by atoms with Gasteiger partial charge in [0.05, 0.1) is 25.4 Å². The van der Waals surface area contributed by atoms with Gasteiger partial charge in [0.25, 0.3) is 0 Å². The van der Waals surface area contributed by atoms with Crippen molar-refractivity contribution in [2.24, 2.45) is 45.3 Å². The van der Waals surface area contributed by atoms with Gasteiger partial charge in [-0.15, -0.1) is 0 Å². The second-order valence-corrected chi connectivity index (χ2v) is 13.2. The lowest BCUT2D eigenvalue weighted by molar-refractivity contribution is 0.0845. The average molecular weight is 403 g/mol. The van der Waals surface area contributed by atoms with E-state index in [0.29, 0.717) is 46.1 Å². The molecule has 164 valence electrons. The maximum absolute atomic E-state index is 6.16. The normalized spacial score (nSPS) is 58.1. The van der Waals surface area contributed by atoms with Crippen molar-refractivity contribution in [3.8, 4) is 0 Å². The number of rotatable bonds is 6. The molecule has 3 heteroatoms. The molecule has 6 aliphatic rings. The highest BCUT2D eigenvalue weighted by atomic mass is 16.6. The summed E-state index contributed by atoms with van der Waals surface area (Å²) in [5, 5.41) is 0. The van der Waals surface area contributed by atoms with Crippen molar-refractivity contribution in [1.29, 1.82) is 0 Å². The van der Waals surface area contributed by atoms with E-state index >= 15 is 0 Å². The molecule has 0 aromatic heterocycles. The standard InChI is InChI=1S/C26H42O3/c1-23(2)15-7-9-25(23,5)17(11-15)21-19(28-21)13-27-14-20-22(29-20)18-12-16-8-10-26(18,6)24(16,3)4/h15-22H,7-14H2,1-6H3. The van der Waals surface area contributed by atoms with E-state index in [9.17, 15) is 0 Å². The Morgan fingerprint density at radius 1 is 0.690 bits per heavy atom. The topological polar surface area (TPSA) is 34.3 Å². The molecule has 0 radical (unpaired) electrons. The molecule has 6 rings (SSSR count). The lowest BCUT2D eigenvalue weighted by Crippen LogP contribution is -2.35. The third-order valence-electron chi connectivity index (χ3n) is 12.3. The lowest BCUT2D eigenvalue weighted by atomic mass is 9.65. The van der Waals surface area contributed by atoms with E-state index in [1.165, 1.54) is 38.5 Å². The molecule has 4 saturated carbocycles. The molecule has 0 aromatic rings. The van der Waals surface area contributed by atoms with E-state index in [4.69, 9.17) is 14.2 Å². The lowest BCUT2D eigenvalue weighted by Gasteiger charge is -2.39. The minimum Gasteiger partial charge on any atom is -0.376 e. The van der Waals surface area contributed by atoms with Crippen LogP contribution in [0.15, 0.2) is 0 Å². The monoisotopic (exact) mass is 402 g/mol. The van der Waals surface area contributed by atoms with Crippen molar-refractivity contribution in [2.45, 2.75) is 104 Å². The van der Waals surface area contributed by atoms with Gasteiger partial charge in [-0.25, -0.2) is 0 Å².